The molecule has 1 N–H and O–H groups in total. The van der Waals surface area contributed by atoms with Gasteiger partial charge in [-0.3, -0.25) is 9.59 Å². The van der Waals surface area contributed by atoms with Crippen molar-refractivity contribution in [3.63, 3.8) is 0 Å². The summed E-state index contributed by atoms with van der Waals surface area (Å²) >= 11 is 13.5. The van der Waals surface area contributed by atoms with Crippen molar-refractivity contribution in [2.45, 2.75) is 38.6 Å². The van der Waals surface area contributed by atoms with Crippen LogP contribution in [-0.2, 0) is 21.9 Å². The molecule has 0 radical (unpaired) electrons. The monoisotopic (exact) mass is 470 g/mol. The van der Waals surface area contributed by atoms with Crippen LogP contribution in [0.25, 0.3) is 0 Å². The molecule has 4 nitrogen and oxygen atoms in total. The molecule has 2 aromatic rings. The summed E-state index contributed by atoms with van der Waals surface area (Å²) in [6.07, 6.45) is 0.479. The molecule has 0 aliphatic heterocycles. The fourth-order valence-electron chi connectivity index (χ4n) is 2.97. The second-order valence-electron chi connectivity index (χ2n) is 6.70. The molecule has 0 aromatic heterocycles. The molecular formula is C22H25Cl2FN2O2S. The maximum atomic E-state index is 13.3. The number of hydrogen-bond acceptors (Lipinski definition) is 3. The summed E-state index contributed by atoms with van der Waals surface area (Å²) < 4.78 is 13.3. The average Bonchev–Trinajstić information content (AvgIpc) is 2.71. The van der Waals surface area contributed by atoms with Crippen LogP contribution in [-0.4, -0.2) is 35.1 Å². The maximum Gasteiger partial charge on any atom is 0.242 e. The zero-order chi connectivity index (χ0) is 22.1. The third kappa shape index (κ3) is 7.18. The van der Waals surface area contributed by atoms with Crippen LogP contribution >= 0.6 is 35.0 Å². The Bertz CT molecular complexity index is 865. The summed E-state index contributed by atoms with van der Waals surface area (Å²) in [7, 11) is 0. The molecule has 2 rings (SSSR count). The zero-order valence-corrected chi connectivity index (χ0v) is 19.3. The van der Waals surface area contributed by atoms with Crippen molar-refractivity contribution in [2.24, 2.45) is 0 Å². The SMILES string of the molecule is CCNC(=O)[C@H](CC)N(Cc1ccc(F)cc1)C(=O)CSCc1ccc(Cl)cc1Cl. The largest absolute Gasteiger partial charge is 0.355 e. The van der Waals surface area contributed by atoms with Gasteiger partial charge in [0.2, 0.25) is 11.8 Å². The zero-order valence-electron chi connectivity index (χ0n) is 17.0. The molecule has 0 fully saturated rings. The molecule has 0 heterocycles. The fraction of sp³-hybridized carbons (Fsp3) is 0.364. The average molecular weight is 471 g/mol. The minimum absolute atomic E-state index is 0.160. The van der Waals surface area contributed by atoms with Gasteiger partial charge in [0.1, 0.15) is 11.9 Å². The van der Waals surface area contributed by atoms with Crippen LogP contribution in [0.2, 0.25) is 10.0 Å². The second kappa shape index (κ2) is 12.2. The van der Waals surface area contributed by atoms with E-state index in [9.17, 15) is 14.0 Å². The molecule has 0 bridgehead atoms. The fourth-order valence-corrected chi connectivity index (χ4v) is 4.44. The Balaban J connectivity index is 2.11. The molecule has 30 heavy (non-hydrogen) atoms. The number of thioether (sulfide) groups is 1. The number of nitrogens with zero attached hydrogens (tertiary/aromatic N) is 1. The Morgan fingerprint density at radius 1 is 1.13 bits per heavy atom. The van der Waals surface area contributed by atoms with Gasteiger partial charge in [-0.15, -0.1) is 11.8 Å². The summed E-state index contributed by atoms with van der Waals surface area (Å²) in [5.74, 6) is 0.0386. The first-order valence-electron chi connectivity index (χ1n) is 9.69. The van der Waals surface area contributed by atoms with E-state index in [1.54, 1.807) is 29.2 Å². The summed E-state index contributed by atoms with van der Waals surface area (Å²) in [5, 5.41) is 3.91. The Kier molecular flexibility index (Phi) is 9.95. The molecule has 0 aliphatic carbocycles. The number of carbonyl (C=O) groups excluding carboxylic acids is 2. The van der Waals surface area contributed by atoms with E-state index in [1.807, 2.05) is 19.9 Å². The first-order chi connectivity index (χ1) is 14.3. The molecule has 0 saturated carbocycles. The lowest BCUT2D eigenvalue weighted by Gasteiger charge is -2.30. The minimum atomic E-state index is -0.595. The number of carbonyl (C=O) groups is 2. The minimum Gasteiger partial charge on any atom is -0.355 e. The number of rotatable bonds is 10. The molecule has 1 atom stereocenters. The van der Waals surface area contributed by atoms with Crippen molar-refractivity contribution in [3.05, 3.63) is 69.5 Å². The van der Waals surface area contributed by atoms with E-state index in [1.165, 1.54) is 23.9 Å². The Morgan fingerprint density at radius 2 is 1.83 bits per heavy atom. The van der Waals surface area contributed by atoms with Gasteiger partial charge in [0.05, 0.1) is 5.75 Å². The standard InChI is InChI=1S/C22H25Cl2FN2O2S/c1-3-20(22(29)26-4-2)27(12-15-5-9-18(25)10-6-15)21(28)14-30-13-16-7-8-17(23)11-19(16)24/h5-11,20H,3-4,12-14H2,1-2H3,(H,26,29)/t20-/m0/s1. The lowest BCUT2D eigenvalue weighted by Crippen LogP contribution is -2.49. The van der Waals surface area contributed by atoms with Crippen molar-refractivity contribution < 1.29 is 14.0 Å². The first kappa shape index (κ1) is 24.5. The highest BCUT2D eigenvalue weighted by molar-refractivity contribution is 7.99. The van der Waals surface area contributed by atoms with Gasteiger partial charge in [-0.2, -0.15) is 0 Å². The summed E-state index contributed by atoms with van der Waals surface area (Å²) in [5.41, 5.74) is 1.65. The van der Waals surface area contributed by atoms with Gasteiger partial charge >= 0.3 is 0 Å². The molecule has 0 spiro atoms. The molecule has 0 saturated heterocycles. The van der Waals surface area contributed by atoms with E-state index in [0.717, 1.165) is 11.1 Å². The van der Waals surface area contributed by atoms with Crippen molar-refractivity contribution in [2.75, 3.05) is 12.3 Å². The summed E-state index contributed by atoms with van der Waals surface area (Å²) in [4.78, 5) is 27.1. The van der Waals surface area contributed by atoms with Crippen LogP contribution in [0.1, 0.15) is 31.4 Å². The van der Waals surface area contributed by atoms with Gasteiger partial charge in [0.15, 0.2) is 0 Å². The molecule has 162 valence electrons. The van der Waals surface area contributed by atoms with Crippen molar-refractivity contribution >= 4 is 46.8 Å². The summed E-state index contributed by atoms with van der Waals surface area (Å²) in [6.45, 7) is 4.42. The third-order valence-corrected chi connectivity index (χ3v) is 6.05. The second-order valence-corrected chi connectivity index (χ2v) is 8.52. The van der Waals surface area contributed by atoms with Crippen LogP contribution in [0.3, 0.4) is 0 Å². The topological polar surface area (TPSA) is 49.4 Å². The van der Waals surface area contributed by atoms with Crippen LogP contribution in [0.15, 0.2) is 42.5 Å². The van der Waals surface area contributed by atoms with Crippen LogP contribution in [0.4, 0.5) is 4.39 Å². The van der Waals surface area contributed by atoms with Crippen molar-refractivity contribution in [1.82, 2.24) is 10.2 Å². The van der Waals surface area contributed by atoms with E-state index >= 15 is 0 Å². The van der Waals surface area contributed by atoms with Gasteiger partial charge in [0, 0.05) is 28.9 Å². The Morgan fingerprint density at radius 3 is 2.43 bits per heavy atom. The molecule has 8 heteroatoms. The van der Waals surface area contributed by atoms with Crippen LogP contribution in [0.5, 0.6) is 0 Å². The third-order valence-electron chi connectivity index (χ3n) is 4.50. The summed E-state index contributed by atoms with van der Waals surface area (Å²) in [6, 6.07) is 10.6. The number of benzene rings is 2. The molecule has 0 unspecified atom stereocenters. The van der Waals surface area contributed by atoms with E-state index in [-0.39, 0.29) is 29.9 Å². The number of hydrogen-bond donors (Lipinski definition) is 1. The highest BCUT2D eigenvalue weighted by Gasteiger charge is 2.28. The van der Waals surface area contributed by atoms with Crippen molar-refractivity contribution in [1.29, 1.82) is 0 Å². The maximum absolute atomic E-state index is 13.3. The van der Waals surface area contributed by atoms with E-state index in [0.29, 0.717) is 28.8 Å². The van der Waals surface area contributed by atoms with Gasteiger partial charge in [-0.25, -0.2) is 4.39 Å². The Hall–Kier alpha value is -1.76. The number of likely N-dealkylation sites (N-methyl/N-ethyl adjacent to an activating group) is 1. The smallest absolute Gasteiger partial charge is 0.242 e. The highest BCUT2D eigenvalue weighted by Crippen LogP contribution is 2.25. The van der Waals surface area contributed by atoms with Crippen molar-refractivity contribution in [3.8, 4) is 0 Å². The lowest BCUT2D eigenvalue weighted by molar-refractivity contribution is -0.139. The van der Waals surface area contributed by atoms with Gasteiger partial charge in [-0.1, -0.05) is 48.3 Å². The van der Waals surface area contributed by atoms with Crippen LogP contribution < -0.4 is 5.32 Å². The molecular weight excluding hydrogens is 446 g/mol. The normalized spacial score (nSPS) is 11.8. The predicted molar refractivity (Wildman–Crippen MR) is 122 cm³/mol. The van der Waals surface area contributed by atoms with E-state index in [4.69, 9.17) is 23.2 Å². The van der Waals surface area contributed by atoms with Gasteiger partial charge in [-0.05, 0) is 48.7 Å². The number of nitrogens with one attached hydrogen (secondary N) is 1. The predicted octanol–water partition coefficient (Wildman–Crippen LogP) is 5.31. The Labute approximate surface area is 191 Å². The molecule has 2 amide bonds. The quantitative estimate of drug-likeness (QED) is 0.511. The first-order valence-corrected chi connectivity index (χ1v) is 11.6. The number of halogens is 3. The molecule has 0 aliphatic rings. The van der Waals surface area contributed by atoms with Gasteiger partial charge < -0.3 is 10.2 Å². The van der Waals surface area contributed by atoms with Crippen LogP contribution in [0, 0.1) is 5.82 Å². The van der Waals surface area contributed by atoms with E-state index in [2.05, 4.69) is 5.32 Å². The molecule has 2 aromatic carbocycles. The highest BCUT2D eigenvalue weighted by atomic mass is 35.5. The lowest BCUT2D eigenvalue weighted by atomic mass is 10.1. The number of amides is 2. The van der Waals surface area contributed by atoms with Gasteiger partial charge in [0.25, 0.3) is 0 Å². The van der Waals surface area contributed by atoms with E-state index < -0.39 is 6.04 Å².